The summed E-state index contributed by atoms with van der Waals surface area (Å²) >= 11 is 0. The van der Waals surface area contributed by atoms with E-state index in [-0.39, 0.29) is 5.91 Å². The van der Waals surface area contributed by atoms with Crippen molar-refractivity contribution in [3.8, 4) is 5.75 Å². The Morgan fingerprint density at radius 2 is 1.78 bits per heavy atom. The molecule has 0 saturated carbocycles. The van der Waals surface area contributed by atoms with E-state index < -0.39 is 6.10 Å². The second kappa shape index (κ2) is 7.82. The van der Waals surface area contributed by atoms with Crippen molar-refractivity contribution in [1.82, 2.24) is 5.32 Å². The van der Waals surface area contributed by atoms with Crippen LogP contribution in [0.1, 0.15) is 43.4 Å². The van der Waals surface area contributed by atoms with E-state index in [1.54, 1.807) is 6.92 Å². The molecule has 2 aromatic carbocycles. The summed E-state index contributed by atoms with van der Waals surface area (Å²) in [6, 6.07) is 16.0. The molecule has 3 heteroatoms. The normalized spacial score (nSPS) is 12.0. The van der Waals surface area contributed by atoms with E-state index in [2.05, 4.69) is 31.3 Å². The molecular formula is C20H25NO2. The molecule has 1 atom stereocenters. The average Bonchev–Trinajstić information content (AvgIpc) is 2.53. The lowest BCUT2D eigenvalue weighted by molar-refractivity contribution is -0.127. The van der Waals surface area contributed by atoms with Gasteiger partial charge in [-0.3, -0.25) is 4.79 Å². The first-order chi connectivity index (χ1) is 11.0. The zero-order chi connectivity index (χ0) is 16.8. The number of hydrogen-bond donors (Lipinski definition) is 1. The van der Waals surface area contributed by atoms with Gasteiger partial charge in [0.25, 0.3) is 5.91 Å². The third-order valence-corrected chi connectivity index (χ3v) is 3.77. The van der Waals surface area contributed by atoms with Crippen molar-refractivity contribution in [2.24, 2.45) is 0 Å². The Kier molecular flexibility index (Phi) is 5.80. The molecule has 1 amide bonds. The molecule has 0 unspecified atom stereocenters. The van der Waals surface area contributed by atoms with E-state index in [0.717, 1.165) is 22.4 Å². The Labute approximate surface area is 138 Å². The molecule has 0 aromatic heterocycles. The summed E-state index contributed by atoms with van der Waals surface area (Å²) in [7, 11) is 0. The molecule has 2 rings (SSSR count). The maximum Gasteiger partial charge on any atom is 0.261 e. The van der Waals surface area contributed by atoms with Gasteiger partial charge in [0.2, 0.25) is 0 Å². The molecule has 122 valence electrons. The molecule has 0 fully saturated rings. The van der Waals surface area contributed by atoms with Crippen molar-refractivity contribution >= 4 is 5.91 Å². The van der Waals surface area contributed by atoms with Gasteiger partial charge in [-0.2, -0.15) is 0 Å². The first-order valence-corrected chi connectivity index (χ1v) is 8.06. The van der Waals surface area contributed by atoms with Gasteiger partial charge >= 0.3 is 0 Å². The highest BCUT2D eigenvalue weighted by Gasteiger charge is 2.17. The number of rotatable bonds is 6. The fraction of sp³-hybridized carbons (Fsp3) is 0.350. The van der Waals surface area contributed by atoms with Gasteiger partial charge in [0.05, 0.1) is 0 Å². The number of amides is 1. The fourth-order valence-corrected chi connectivity index (χ4v) is 2.39. The Balaban J connectivity index is 1.99. The molecular weight excluding hydrogens is 286 g/mol. The van der Waals surface area contributed by atoms with Gasteiger partial charge in [-0.15, -0.1) is 0 Å². The molecule has 3 nitrogen and oxygen atoms in total. The van der Waals surface area contributed by atoms with Gasteiger partial charge < -0.3 is 10.1 Å². The van der Waals surface area contributed by atoms with Gasteiger partial charge in [-0.05, 0) is 42.5 Å². The van der Waals surface area contributed by atoms with Crippen LogP contribution in [-0.2, 0) is 11.3 Å². The highest BCUT2D eigenvalue weighted by atomic mass is 16.5. The second-order valence-electron chi connectivity index (χ2n) is 6.16. The number of ether oxygens (including phenoxy) is 1. The van der Waals surface area contributed by atoms with Gasteiger partial charge in [0.1, 0.15) is 5.75 Å². The lowest BCUT2D eigenvalue weighted by atomic mass is 10.0. The second-order valence-corrected chi connectivity index (χ2v) is 6.16. The summed E-state index contributed by atoms with van der Waals surface area (Å²) in [5.41, 5.74) is 3.33. The minimum absolute atomic E-state index is 0.106. The molecule has 2 aromatic rings. The van der Waals surface area contributed by atoms with Crippen molar-refractivity contribution in [3.05, 3.63) is 65.2 Å². The average molecular weight is 311 g/mol. The number of aryl methyl sites for hydroxylation is 1. The monoisotopic (exact) mass is 311 g/mol. The van der Waals surface area contributed by atoms with Crippen molar-refractivity contribution in [2.75, 3.05) is 0 Å². The van der Waals surface area contributed by atoms with Crippen molar-refractivity contribution in [2.45, 2.75) is 46.3 Å². The Hall–Kier alpha value is -2.29. The number of benzene rings is 2. The van der Waals surface area contributed by atoms with Gasteiger partial charge in [-0.1, -0.05) is 56.3 Å². The highest BCUT2D eigenvalue weighted by molar-refractivity contribution is 5.80. The molecule has 23 heavy (non-hydrogen) atoms. The molecule has 0 heterocycles. The summed E-state index contributed by atoms with van der Waals surface area (Å²) < 4.78 is 5.93. The van der Waals surface area contributed by atoms with E-state index in [1.165, 1.54) is 0 Å². The molecule has 0 spiro atoms. The molecule has 1 N–H and O–H groups in total. The van der Waals surface area contributed by atoms with Gasteiger partial charge in [0, 0.05) is 6.54 Å². The van der Waals surface area contributed by atoms with Crippen molar-refractivity contribution in [1.29, 1.82) is 0 Å². The van der Waals surface area contributed by atoms with Crippen LogP contribution in [0.2, 0.25) is 0 Å². The zero-order valence-corrected chi connectivity index (χ0v) is 14.3. The third kappa shape index (κ3) is 4.85. The summed E-state index contributed by atoms with van der Waals surface area (Å²) in [5, 5.41) is 2.92. The topological polar surface area (TPSA) is 38.3 Å². The van der Waals surface area contributed by atoms with Crippen molar-refractivity contribution < 1.29 is 9.53 Å². The quantitative estimate of drug-likeness (QED) is 0.868. The smallest absolute Gasteiger partial charge is 0.261 e. The number of nitrogens with one attached hydrogen (secondary N) is 1. The van der Waals surface area contributed by atoms with E-state index in [0.29, 0.717) is 12.5 Å². The van der Waals surface area contributed by atoms with Gasteiger partial charge in [-0.25, -0.2) is 0 Å². The molecule has 0 bridgehead atoms. The highest BCUT2D eigenvalue weighted by Crippen LogP contribution is 2.28. The Morgan fingerprint density at radius 3 is 2.43 bits per heavy atom. The summed E-state index contributed by atoms with van der Waals surface area (Å²) in [4.78, 5) is 12.3. The summed E-state index contributed by atoms with van der Waals surface area (Å²) in [6.45, 7) is 8.57. The third-order valence-electron chi connectivity index (χ3n) is 3.77. The molecule has 0 aliphatic carbocycles. The summed E-state index contributed by atoms with van der Waals surface area (Å²) in [5.74, 6) is 1.04. The zero-order valence-electron chi connectivity index (χ0n) is 14.3. The maximum absolute atomic E-state index is 12.3. The predicted octanol–water partition coefficient (Wildman–Crippen LogP) is 4.20. The SMILES string of the molecule is Cc1ccc(C(C)C)c(O[C@@H](C)C(=O)NCc2ccccc2)c1. The minimum atomic E-state index is -0.530. The molecule has 0 aliphatic heterocycles. The maximum atomic E-state index is 12.3. The van der Waals surface area contributed by atoms with Crippen LogP contribution >= 0.6 is 0 Å². The van der Waals surface area contributed by atoms with E-state index in [9.17, 15) is 4.79 Å². The standard InChI is InChI=1S/C20H25NO2/c1-14(2)18-11-10-15(3)12-19(18)23-16(4)20(22)21-13-17-8-6-5-7-9-17/h5-12,14,16H,13H2,1-4H3,(H,21,22)/t16-/m0/s1. The van der Waals surface area contributed by atoms with Crippen LogP contribution in [-0.4, -0.2) is 12.0 Å². The van der Waals surface area contributed by atoms with E-state index in [1.807, 2.05) is 43.3 Å². The van der Waals surface area contributed by atoms with E-state index in [4.69, 9.17) is 4.74 Å². The van der Waals surface area contributed by atoms with Crippen LogP contribution < -0.4 is 10.1 Å². The van der Waals surface area contributed by atoms with Crippen molar-refractivity contribution in [3.63, 3.8) is 0 Å². The number of carbonyl (C=O) groups excluding carboxylic acids is 1. The minimum Gasteiger partial charge on any atom is -0.481 e. The van der Waals surface area contributed by atoms with Crippen LogP contribution in [0.15, 0.2) is 48.5 Å². The fourth-order valence-electron chi connectivity index (χ4n) is 2.39. The van der Waals surface area contributed by atoms with Crippen LogP contribution in [0.3, 0.4) is 0 Å². The largest absolute Gasteiger partial charge is 0.481 e. The van der Waals surface area contributed by atoms with Crippen LogP contribution in [0, 0.1) is 6.92 Å². The lowest BCUT2D eigenvalue weighted by Crippen LogP contribution is -2.36. The van der Waals surface area contributed by atoms with Crippen LogP contribution in [0.5, 0.6) is 5.75 Å². The molecule has 0 saturated heterocycles. The lowest BCUT2D eigenvalue weighted by Gasteiger charge is -2.19. The Morgan fingerprint density at radius 1 is 1.09 bits per heavy atom. The predicted molar refractivity (Wildman–Crippen MR) is 93.6 cm³/mol. The molecule has 0 aliphatic rings. The molecule has 0 radical (unpaired) electrons. The first kappa shape index (κ1) is 17.1. The number of carbonyl (C=O) groups is 1. The van der Waals surface area contributed by atoms with Crippen LogP contribution in [0.25, 0.3) is 0 Å². The first-order valence-electron chi connectivity index (χ1n) is 8.06. The van der Waals surface area contributed by atoms with Crippen LogP contribution in [0.4, 0.5) is 0 Å². The summed E-state index contributed by atoms with van der Waals surface area (Å²) in [6.07, 6.45) is -0.530. The van der Waals surface area contributed by atoms with E-state index >= 15 is 0 Å². The van der Waals surface area contributed by atoms with Gasteiger partial charge in [0.15, 0.2) is 6.10 Å². The Bertz CT molecular complexity index is 650. The number of hydrogen-bond acceptors (Lipinski definition) is 2.